The number of aromatic nitrogens is 1. The minimum atomic E-state index is -0.458. The van der Waals surface area contributed by atoms with Crippen LogP contribution < -0.4 is 16.0 Å². The Hall–Kier alpha value is -2.89. The second-order valence-electron chi connectivity index (χ2n) is 9.02. The molecule has 0 radical (unpaired) electrons. The highest BCUT2D eigenvalue weighted by Crippen LogP contribution is 2.58. The predicted molar refractivity (Wildman–Crippen MR) is 110 cm³/mol. The molecule has 2 amide bonds. The minimum Gasteiger partial charge on any atom is -0.362 e. The van der Waals surface area contributed by atoms with Crippen LogP contribution in [0.4, 0.5) is 5.69 Å². The number of fused-ring (bicyclic) bond motifs is 3. The molecule has 3 fully saturated rings. The van der Waals surface area contributed by atoms with Crippen molar-refractivity contribution < 1.29 is 9.59 Å². The van der Waals surface area contributed by atoms with Crippen LogP contribution in [-0.4, -0.2) is 22.5 Å². The lowest BCUT2D eigenvalue weighted by Crippen LogP contribution is -2.70. The number of amides is 2. The fraction of sp³-hybridized carbons (Fsp3) is 0.435. The molecule has 1 aromatic carbocycles. The number of benzene rings is 1. The smallest absolute Gasteiger partial charge is 0.255 e. The van der Waals surface area contributed by atoms with E-state index in [1.807, 2.05) is 36.4 Å². The number of rotatable bonds is 3. The third-order valence-corrected chi connectivity index (χ3v) is 7.20. The summed E-state index contributed by atoms with van der Waals surface area (Å²) in [5.41, 5.74) is 2.03. The number of nitrogens with one attached hydrogen (secondary N) is 3. The van der Waals surface area contributed by atoms with Crippen molar-refractivity contribution in [2.75, 3.05) is 5.32 Å². The number of carbonyl (C=O) groups is 2. The van der Waals surface area contributed by atoms with Gasteiger partial charge in [0.15, 0.2) is 0 Å². The Morgan fingerprint density at radius 2 is 2.00 bits per heavy atom. The molecule has 6 nitrogen and oxygen atoms in total. The van der Waals surface area contributed by atoms with Crippen LogP contribution in [0.3, 0.4) is 0 Å². The lowest BCUT2D eigenvalue weighted by Gasteiger charge is -2.60. The van der Waals surface area contributed by atoms with Gasteiger partial charge in [0.1, 0.15) is 5.66 Å². The van der Waals surface area contributed by atoms with Crippen LogP contribution in [0.25, 0.3) is 0 Å². The first-order chi connectivity index (χ1) is 14.0. The molecule has 3 saturated carbocycles. The molecule has 4 atom stereocenters. The molecule has 6 rings (SSSR count). The molecule has 3 N–H and O–H groups in total. The van der Waals surface area contributed by atoms with Gasteiger partial charge in [-0.1, -0.05) is 19.1 Å². The van der Waals surface area contributed by atoms with Gasteiger partial charge in [-0.15, -0.1) is 0 Å². The van der Waals surface area contributed by atoms with Gasteiger partial charge in [0.25, 0.3) is 5.91 Å². The molecule has 0 unspecified atom stereocenters. The van der Waals surface area contributed by atoms with Crippen molar-refractivity contribution in [1.29, 1.82) is 0 Å². The van der Waals surface area contributed by atoms with E-state index in [-0.39, 0.29) is 29.1 Å². The van der Waals surface area contributed by atoms with Gasteiger partial charge in [-0.05, 0) is 60.9 Å². The van der Waals surface area contributed by atoms with E-state index in [0.29, 0.717) is 12.1 Å². The molecule has 1 spiro atoms. The van der Waals surface area contributed by atoms with E-state index in [9.17, 15) is 9.59 Å². The molecule has 2 aromatic rings. The maximum Gasteiger partial charge on any atom is 0.255 e. The van der Waals surface area contributed by atoms with Gasteiger partial charge in [-0.2, -0.15) is 0 Å². The van der Waals surface area contributed by atoms with Crippen molar-refractivity contribution >= 4 is 17.5 Å². The Labute approximate surface area is 170 Å². The maximum atomic E-state index is 13.1. The molecule has 1 aliphatic heterocycles. The molecule has 4 aliphatic rings. The van der Waals surface area contributed by atoms with Crippen LogP contribution >= 0.6 is 0 Å². The lowest BCUT2D eigenvalue weighted by atomic mass is 9.51. The Bertz CT molecular complexity index is 962. The predicted octanol–water partition coefficient (Wildman–Crippen LogP) is 3.08. The first-order valence-corrected chi connectivity index (χ1v) is 10.4. The van der Waals surface area contributed by atoms with Gasteiger partial charge in [0.2, 0.25) is 5.91 Å². The van der Waals surface area contributed by atoms with Crippen LogP contribution in [0.5, 0.6) is 0 Å². The monoisotopic (exact) mass is 390 g/mol. The Kier molecular flexibility index (Phi) is 4.12. The molecule has 150 valence electrons. The zero-order valence-electron chi connectivity index (χ0n) is 16.6. The Morgan fingerprint density at radius 1 is 1.21 bits per heavy atom. The molecule has 6 heteroatoms. The summed E-state index contributed by atoms with van der Waals surface area (Å²) in [6, 6.07) is 11.5. The zero-order chi connectivity index (χ0) is 20.1. The average molecular weight is 390 g/mol. The quantitative estimate of drug-likeness (QED) is 0.752. The van der Waals surface area contributed by atoms with E-state index in [0.717, 1.165) is 36.9 Å². The van der Waals surface area contributed by atoms with Crippen LogP contribution in [-0.2, 0) is 11.3 Å². The molecular formula is C23H26N4O2. The highest BCUT2D eigenvalue weighted by Gasteiger charge is 2.60. The number of hydrogen-bond acceptors (Lipinski definition) is 4. The second-order valence-corrected chi connectivity index (χ2v) is 9.02. The van der Waals surface area contributed by atoms with Crippen molar-refractivity contribution in [2.24, 2.45) is 17.3 Å². The van der Waals surface area contributed by atoms with Crippen molar-refractivity contribution in [2.45, 2.75) is 44.8 Å². The van der Waals surface area contributed by atoms with Crippen LogP contribution in [0.15, 0.2) is 48.8 Å². The van der Waals surface area contributed by atoms with E-state index < -0.39 is 5.66 Å². The van der Waals surface area contributed by atoms with E-state index in [4.69, 9.17) is 0 Å². The van der Waals surface area contributed by atoms with Crippen LogP contribution in [0, 0.1) is 17.3 Å². The topological polar surface area (TPSA) is 83.1 Å². The van der Waals surface area contributed by atoms with Crippen molar-refractivity contribution in [3.63, 3.8) is 0 Å². The Morgan fingerprint density at radius 3 is 2.79 bits per heavy atom. The molecule has 29 heavy (non-hydrogen) atoms. The first kappa shape index (κ1) is 18.2. The Balaban J connectivity index is 1.35. The fourth-order valence-corrected chi connectivity index (χ4v) is 5.67. The van der Waals surface area contributed by atoms with E-state index in [1.54, 1.807) is 12.4 Å². The van der Waals surface area contributed by atoms with Crippen molar-refractivity contribution in [3.05, 3.63) is 59.9 Å². The number of pyridine rings is 1. The number of anilines is 1. The molecule has 0 saturated heterocycles. The highest BCUT2D eigenvalue weighted by molar-refractivity contribution is 6.02. The molecule has 3 aliphatic carbocycles. The number of nitrogens with zero attached hydrogens (tertiary/aromatic N) is 1. The fourth-order valence-electron chi connectivity index (χ4n) is 5.67. The van der Waals surface area contributed by atoms with Gasteiger partial charge in [0, 0.05) is 36.5 Å². The summed E-state index contributed by atoms with van der Waals surface area (Å²) in [7, 11) is 0. The molecule has 1 aromatic heterocycles. The number of hydrogen-bond donors (Lipinski definition) is 3. The van der Waals surface area contributed by atoms with E-state index in [1.165, 1.54) is 0 Å². The van der Waals surface area contributed by atoms with Gasteiger partial charge >= 0.3 is 0 Å². The van der Waals surface area contributed by atoms with E-state index >= 15 is 0 Å². The van der Waals surface area contributed by atoms with Gasteiger partial charge in [0.05, 0.1) is 5.56 Å². The third kappa shape index (κ3) is 2.98. The summed E-state index contributed by atoms with van der Waals surface area (Å²) in [4.78, 5) is 29.9. The molecule has 2 heterocycles. The van der Waals surface area contributed by atoms with Crippen LogP contribution in [0.1, 0.15) is 48.5 Å². The third-order valence-electron chi connectivity index (χ3n) is 7.20. The first-order valence-electron chi connectivity index (χ1n) is 10.4. The largest absolute Gasteiger partial charge is 0.362 e. The number of carbonyl (C=O) groups excluding carboxylic acids is 2. The number of para-hydroxylation sites is 1. The van der Waals surface area contributed by atoms with Crippen molar-refractivity contribution in [3.8, 4) is 0 Å². The van der Waals surface area contributed by atoms with Crippen molar-refractivity contribution in [1.82, 2.24) is 15.6 Å². The van der Waals surface area contributed by atoms with Gasteiger partial charge in [-0.25, -0.2) is 0 Å². The highest BCUT2D eigenvalue weighted by atomic mass is 16.2. The normalized spacial score (nSPS) is 32.2. The summed E-state index contributed by atoms with van der Waals surface area (Å²) >= 11 is 0. The minimum absolute atomic E-state index is 0.0193. The standard InChI is InChI=1S/C23H26N4O2/c1-22-9-6-16(12-18(22)21(29)25-13-15-7-10-24-11-8-15)23(14-22)26-19-5-3-2-4-17(19)20(28)27-23/h2-5,7-8,10-11,16,18,26H,6,9,12-14H2,1H3,(H,25,29)(H,27,28)/t16-,18+,22-,23-/m0/s1. The van der Waals surface area contributed by atoms with E-state index in [2.05, 4.69) is 27.9 Å². The summed E-state index contributed by atoms with van der Waals surface area (Å²) in [5, 5.41) is 10.0. The SMILES string of the molecule is C[C@@]12CC[C@@H](C[C@@H]1C(=O)NCc1ccncc1)[C@]1(C2)NC(=O)c2ccccc2N1. The maximum absolute atomic E-state index is 13.1. The van der Waals surface area contributed by atoms with Gasteiger partial charge in [-0.3, -0.25) is 14.6 Å². The summed E-state index contributed by atoms with van der Waals surface area (Å²) in [5.74, 6) is 0.295. The zero-order valence-corrected chi connectivity index (χ0v) is 16.6. The summed E-state index contributed by atoms with van der Waals surface area (Å²) in [6.07, 6.45) is 7.05. The second kappa shape index (κ2) is 6.58. The van der Waals surface area contributed by atoms with Crippen LogP contribution in [0.2, 0.25) is 0 Å². The summed E-state index contributed by atoms with van der Waals surface area (Å²) in [6.45, 7) is 2.72. The molecular weight excluding hydrogens is 364 g/mol. The molecule has 2 bridgehead atoms. The lowest BCUT2D eigenvalue weighted by molar-refractivity contribution is -0.139. The summed E-state index contributed by atoms with van der Waals surface area (Å²) < 4.78 is 0. The average Bonchev–Trinajstić information content (AvgIpc) is 2.72. The van der Waals surface area contributed by atoms with Gasteiger partial charge < -0.3 is 16.0 Å².